The number of rotatable bonds is 2. The maximum absolute atomic E-state index is 13.6. The number of aliphatic hydroxyl groups is 1. The highest BCUT2D eigenvalue weighted by Gasteiger charge is 2.16. The summed E-state index contributed by atoms with van der Waals surface area (Å²) in [4.78, 5) is 0. The first-order chi connectivity index (χ1) is 8.49. The molecule has 0 aliphatic carbocycles. The average Bonchev–Trinajstić information content (AvgIpc) is 2.32. The van der Waals surface area contributed by atoms with E-state index in [0.29, 0.717) is 5.56 Å². The van der Waals surface area contributed by atoms with Gasteiger partial charge in [0.15, 0.2) is 0 Å². The standard InChI is InChI=1S/C14H11BrF2O/c1-8-6-9(2-5-12(8)15)14(18)11-4-3-10(16)7-13(11)17/h2-7,14,18H,1H3. The van der Waals surface area contributed by atoms with Crippen LogP contribution in [0.1, 0.15) is 22.8 Å². The van der Waals surface area contributed by atoms with Crippen LogP contribution in [0.2, 0.25) is 0 Å². The van der Waals surface area contributed by atoms with Crippen LogP contribution in [0.3, 0.4) is 0 Å². The molecule has 1 unspecified atom stereocenters. The van der Waals surface area contributed by atoms with E-state index in [2.05, 4.69) is 15.9 Å². The summed E-state index contributed by atoms with van der Waals surface area (Å²) in [5, 5.41) is 10.1. The molecule has 2 rings (SSSR count). The molecule has 18 heavy (non-hydrogen) atoms. The lowest BCUT2D eigenvalue weighted by molar-refractivity contribution is 0.214. The summed E-state index contributed by atoms with van der Waals surface area (Å²) in [6, 6.07) is 8.40. The summed E-state index contributed by atoms with van der Waals surface area (Å²) in [6.07, 6.45) is -1.10. The first-order valence-corrected chi connectivity index (χ1v) is 6.17. The third-order valence-electron chi connectivity index (χ3n) is 2.75. The Labute approximate surface area is 112 Å². The SMILES string of the molecule is Cc1cc(C(O)c2ccc(F)cc2F)ccc1Br. The van der Waals surface area contributed by atoms with Crippen molar-refractivity contribution in [2.24, 2.45) is 0 Å². The molecule has 94 valence electrons. The third-order valence-corrected chi connectivity index (χ3v) is 3.64. The third kappa shape index (κ3) is 2.60. The Morgan fingerprint density at radius 1 is 1.11 bits per heavy atom. The Kier molecular flexibility index (Phi) is 3.78. The van der Waals surface area contributed by atoms with Gasteiger partial charge in [0.25, 0.3) is 0 Å². The van der Waals surface area contributed by atoms with Crippen molar-refractivity contribution in [1.29, 1.82) is 0 Å². The topological polar surface area (TPSA) is 20.2 Å². The molecular weight excluding hydrogens is 302 g/mol. The normalized spacial score (nSPS) is 12.5. The van der Waals surface area contributed by atoms with E-state index in [0.717, 1.165) is 22.2 Å². The van der Waals surface area contributed by atoms with Crippen molar-refractivity contribution in [3.63, 3.8) is 0 Å². The predicted octanol–water partition coefficient (Wildman–Crippen LogP) is 4.12. The van der Waals surface area contributed by atoms with Gasteiger partial charge in [-0.15, -0.1) is 0 Å². The number of aliphatic hydroxyl groups excluding tert-OH is 1. The molecule has 0 aromatic heterocycles. The van der Waals surface area contributed by atoms with Gasteiger partial charge >= 0.3 is 0 Å². The fourth-order valence-corrected chi connectivity index (χ4v) is 1.99. The maximum Gasteiger partial charge on any atom is 0.132 e. The van der Waals surface area contributed by atoms with E-state index >= 15 is 0 Å². The molecule has 0 saturated carbocycles. The molecule has 0 fully saturated rings. The number of hydrogen-bond acceptors (Lipinski definition) is 1. The molecule has 4 heteroatoms. The lowest BCUT2D eigenvalue weighted by Crippen LogP contribution is -2.03. The summed E-state index contributed by atoms with van der Waals surface area (Å²) < 4.78 is 27.3. The second kappa shape index (κ2) is 5.16. The van der Waals surface area contributed by atoms with Gasteiger partial charge in [0.05, 0.1) is 0 Å². The minimum Gasteiger partial charge on any atom is -0.384 e. The fourth-order valence-electron chi connectivity index (χ4n) is 1.74. The van der Waals surface area contributed by atoms with Gasteiger partial charge in [0.2, 0.25) is 0 Å². The van der Waals surface area contributed by atoms with Crippen LogP contribution < -0.4 is 0 Å². The molecule has 0 spiro atoms. The van der Waals surface area contributed by atoms with Crippen LogP contribution in [0.5, 0.6) is 0 Å². The van der Waals surface area contributed by atoms with Crippen LogP contribution in [0.25, 0.3) is 0 Å². The summed E-state index contributed by atoms with van der Waals surface area (Å²) >= 11 is 3.35. The van der Waals surface area contributed by atoms with Crippen molar-refractivity contribution in [2.45, 2.75) is 13.0 Å². The fraction of sp³-hybridized carbons (Fsp3) is 0.143. The molecule has 2 aromatic carbocycles. The smallest absolute Gasteiger partial charge is 0.132 e. The molecule has 0 radical (unpaired) electrons. The summed E-state index contributed by atoms with van der Waals surface area (Å²) in [5.74, 6) is -1.40. The zero-order valence-corrected chi connectivity index (χ0v) is 11.2. The van der Waals surface area contributed by atoms with Crippen molar-refractivity contribution in [1.82, 2.24) is 0 Å². The second-order valence-corrected chi connectivity index (χ2v) is 4.93. The van der Waals surface area contributed by atoms with Crippen molar-refractivity contribution < 1.29 is 13.9 Å². The highest BCUT2D eigenvalue weighted by Crippen LogP contribution is 2.27. The number of aryl methyl sites for hydroxylation is 1. The lowest BCUT2D eigenvalue weighted by Gasteiger charge is -2.13. The molecule has 0 bridgehead atoms. The molecule has 0 heterocycles. The van der Waals surface area contributed by atoms with Gasteiger partial charge in [-0.2, -0.15) is 0 Å². The number of hydrogen-bond donors (Lipinski definition) is 1. The predicted molar refractivity (Wildman–Crippen MR) is 69.3 cm³/mol. The van der Waals surface area contributed by atoms with Gasteiger partial charge < -0.3 is 5.11 Å². The molecule has 0 saturated heterocycles. The van der Waals surface area contributed by atoms with Crippen molar-refractivity contribution >= 4 is 15.9 Å². The van der Waals surface area contributed by atoms with Crippen LogP contribution in [0, 0.1) is 18.6 Å². The largest absolute Gasteiger partial charge is 0.384 e. The Hall–Kier alpha value is -1.26. The second-order valence-electron chi connectivity index (χ2n) is 4.08. The molecule has 1 nitrogen and oxygen atoms in total. The van der Waals surface area contributed by atoms with Gasteiger partial charge in [-0.05, 0) is 30.2 Å². The van der Waals surface area contributed by atoms with Crippen LogP contribution in [-0.4, -0.2) is 5.11 Å². The van der Waals surface area contributed by atoms with Gasteiger partial charge in [-0.3, -0.25) is 0 Å². The van der Waals surface area contributed by atoms with Crippen LogP contribution >= 0.6 is 15.9 Å². The maximum atomic E-state index is 13.6. The lowest BCUT2D eigenvalue weighted by atomic mass is 9.99. The van der Waals surface area contributed by atoms with E-state index in [1.807, 2.05) is 6.92 Å². The van der Waals surface area contributed by atoms with Crippen molar-refractivity contribution in [3.05, 3.63) is 69.2 Å². The highest BCUT2D eigenvalue weighted by molar-refractivity contribution is 9.10. The number of benzene rings is 2. The zero-order valence-electron chi connectivity index (χ0n) is 9.62. The highest BCUT2D eigenvalue weighted by atomic mass is 79.9. The van der Waals surface area contributed by atoms with E-state index in [9.17, 15) is 13.9 Å². The van der Waals surface area contributed by atoms with Crippen LogP contribution in [-0.2, 0) is 0 Å². The van der Waals surface area contributed by atoms with E-state index < -0.39 is 17.7 Å². The van der Waals surface area contributed by atoms with Crippen molar-refractivity contribution in [3.8, 4) is 0 Å². The monoisotopic (exact) mass is 312 g/mol. The molecule has 1 atom stereocenters. The van der Waals surface area contributed by atoms with E-state index in [-0.39, 0.29) is 5.56 Å². The molecule has 1 N–H and O–H groups in total. The van der Waals surface area contributed by atoms with Crippen LogP contribution in [0.15, 0.2) is 40.9 Å². The Morgan fingerprint density at radius 3 is 2.44 bits per heavy atom. The Balaban J connectivity index is 2.41. The molecular formula is C14H11BrF2O. The average molecular weight is 313 g/mol. The molecule has 0 amide bonds. The van der Waals surface area contributed by atoms with Gasteiger partial charge in [0, 0.05) is 16.1 Å². The molecule has 2 aromatic rings. The van der Waals surface area contributed by atoms with Gasteiger partial charge in [0.1, 0.15) is 17.7 Å². The first-order valence-electron chi connectivity index (χ1n) is 5.38. The summed E-state index contributed by atoms with van der Waals surface area (Å²) in [7, 11) is 0. The minimum absolute atomic E-state index is 0.0677. The molecule has 0 aliphatic heterocycles. The van der Waals surface area contributed by atoms with Gasteiger partial charge in [-0.25, -0.2) is 8.78 Å². The summed E-state index contributed by atoms with van der Waals surface area (Å²) in [6.45, 7) is 1.88. The zero-order chi connectivity index (χ0) is 13.3. The van der Waals surface area contributed by atoms with Crippen LogP contribution in [0.4, 0.5) is 8.78 Å². The minimum atomic E-state index is -1.10. The quantitative estimate of drug-likeness (QED) is 0.884. The van der Waals surface area contributed by atoms with E-state index in [4.69, 9.17) is 0 Å². The first kappa shape index (κ1) is 13.2. The van der Waals surface area contributed by atoms with E-state index in [1.165, 1.54) is 6.07 Å². The van der Waals surface area contributed by atoms with Gasteiger partial charge in [-0.1, -0.05) is 34.1 Å². The van der Waals surface area contributed by atoms with Crippen molar-refractivity contribution in [2.75, 3.05) is 0 Å². The summed E-state index contributed by atoms with van der Waals surface area (Å²) in [5.41, 5.74) is 1.58. The Morgan fingerprint density at radius 2 is 1.83 bits per heavy atom. The molecule has 0 aliphatic rings. The van der Waals surface area contributed by atoms with E-state index in [1.54, 1.807) is 18.2 Å². The Bertz CT molecular complexity index is 584. The number of halogens is 3.